The first-order valence-corrected chi connectivity index (χ1v) is 6.77. The summed E-state index contributed by atoms with van der Waals surface area (Å²) in [5.41, 5.74) is 7.30. The second-order valence-corrected chi connectivity index (χ2v) is 6.17. The fourth-order valence-electron chi connectivity index (χ4n) is 1.44. The van der Waals surface area contributed by atoms with Crippen LogP contribution in [0.15, 0.2) is 24.5 Å². The Morgan fingerprint density at radius 1 is 1.25 bits per heavy atom. The van der Waals surface area contributed by atoms with E-state index in [4.69, 9.17) is 5.73 Å². The molecule has 0 spiro atoms. The summed E-state index contributed by atoms with van der Waals surface area (Å²) in [4.78, 5) is 4.17. The zero-order chi connectivity index (χ0) is 12.1. The Kier molecular flexibility index (Phi) is 5.29. The summed E-state index contributed by atoms with van der Waals surface area (Å²) in [6.07, 6.45) is 3.73. The van der Waals surface area contributed by atoms with Crippen LogP contribution in [0.25, 0.3) is 0 Å². The molecule has 0 aromatic carbocycles. The van der Waals surface area contributed by atoms with Crippen molar-refractivity contribution in [2.45, 2.75) is 44.2 Å². The van der Waals surface area contributed by atoms with Gasteiger partial charge in [0.25, 0.3) is 0 Å². The summed E-state index contributed by atoms with van der Waals surface area (Å²) in [6.45, 7) is 8.83. The zero-order valence-electron chi connectivity index (χ0n) is 10.6. The lowest BCUT2D eigenvalue weighted by Gasteiger charge is -2.26. The van der Waals surface area contributed by atoms with E-state index in [-0.39, 0.29) is 6.04 Å². The largest absolute Gasteiger partial charge is 0.327 e. The van der Waals surface area contributed by atoms with Gasteiger partial charge in [-0.25, -0.2) is 0 Å². The first kappa shape index (κ1) is 13.5. The standard InChI is InChI=1S/C13H22N2S/c1-9(2)11(4)16-13(10(3)14)12-6-5-7-15-8-12/h5-11,13H,14H2,1-4H3. The van der Waals surface area contributed by atoms with Crippen LogP contribution >= 0.6 is 11.8 Å². The van der Waals surface area contributed by atoms with Gasteiger partial charge in [-0.15, -0.1) is 11.8 Å². The monoisotopic (exact) mass is 238 g/mol. The molecule has 90 valence electrons. The Morgan fingerprint density at radius 2 is 1.94 bits per heavy atom. The number of pyridine rings is 1. The second kappa shape index (κ2) is 6.26. The minimum atomic E-state index is 0.149. The molecule has 0 saturated carbocycles. The van der Waals surface area contributed by atoms with Gasteiger partial charge in [-0.3, -0.25) is 4.98 Å². The average Bonchev–Trinajstić information content (AvgIpc) is 2.26. The molecule has 2 nitrogen and oxygen atoms in total. The fraction of sp³-hybridized carbons (Fsp3) is 0.615. The Labute approximate surface area is 103 Å². The number of aromatic nitrogens is 1. The number of nitrogens with zero attached hydrogens (tertiary/aromatic N) is 1. The van der Waals surface area contributed by atoms with E-state index in [1.165, 1.54) is 5.56 Å². The molecule has 1 heterocycles. The van der Waals surface area contributed by atoms with Crippen molar-refractivity contribution >= 4 is 11.8 Å². The molecule has 0 aliphatic heterocycles. The third-order valence-corrected chi connectivity index (χ3v) is 4.76. The quantitative estimate of drug-likeness (QED) is 0.856. The predicted octanol–water partition coefficient (Wildman–Crippen LogP) is 3.25. The molecule has 3 atom stereocenters. The van der Waals surface area contributed by atoms with Crippen LogP contribution in [0.5, 0.6) is 0 Å². The van der Waals surface area contributed by atoms with Crippen LogP contribution in [0.3, 0.4) is 0 Å². The molecule has 1 aromatic rings. The van der Waals surface area contributed by atoms with E-state index in [2.05, 4.69) is 38.7 Å². The number of nitrogens with two attached hydrogens (primary N) is 1. The van der Waals surface area contributed by atoms with Crippen LogP contribution in [0.1, 0.15) is 38.5 Å². The molecule has 0 bridgehead atoms. The summed E-state index contributed by atoms with van der Waals surface area (Å²) in [5.74, 6) is 0.669. The van der Waals surface area contributed by atoms with Gasteiger partial charge in [0, 0.05) is 28.9 Å². The summed E-state index contributed by atoms with van der Waals surface area (Å²) in [6, 6.07) is 4.24. The van der Waals surface area contributed by atoms with Crippen LogP contribution in [0, 0.1) is 5.92 Å². The van der Waals surface area contributed by atoms with Crippen molar-refractivity contribution in [3.63, 3.8) is 0 Å². The van der Waals surface area contributed by atoms with Crippen LogP contribution in [0.2, 0.25) is 0 Å². The van der Waals surface area contributed by atoms with Gasteiger partial charge in [-0.05, 0) is 24.5 Å². The van der Waals surface area contributed by atoms with Crippen molar-refractivity contribution in [1.29, 1.82) is 0 Å². The van der Waals surface area contributed by atoms with Gasteiger partial charge < -0.3 is 5.73 Å². The Balaban J connectivity index is 2.77. The van der Waals surface area contributed by atoms with Gasteiger partial charge in [0.05, 0.1) is 0 Å². The van der Waals surface area contributed by atoms with Crippen LogP contribution in [-0.2, 0) is 0 Å². The molecule has 0 amide bonds. The van der Waals surface area contributed by atoms with E-state index < -0.39 is 0 Å². The SMILES string of the molecule is CC(C)C(C)SC(c1cccnc1)C(C)N. The molecule has 0 radical (unpaired) electrons. The number of hydrogen-bond donors (Lipinski definition) is 1. The van der Waals surface area contributed by atoms with Crippen LogP contribution < -0.4 is 5.73 Å². The molecule has 3 unspecified atom stereocenters. The number of rotatable bonds is 5. The third-order valence-electron chi connectivity index (χ3n) is 2.79. The van der Waals surface area contributed by atoms with Crippen LogP contribution in [0.4, 0.5) is 0 Å². The second-order valence-electron chi connectivity index (χ2n) is 4.65. The van der Waals surface area contributed by atoms with Crippen molar-refractivity contribution in [3.8, 4) is 0 Å². The van der Waals surface area contributed by atoms with E-state index >= 15 is 0 Å². The Bertz CT molecular complexity index is 298. The van der Waals surface area contributed by atoms with E-state index in [0.717, 1.165) is 0 Å². The third kappa shape index (κ3) is 3.80. The zero-order valence-corrected chi connectivity index (χ0v) is 11.4. The van der Waals surface area contributed by atoms with Crippen molar-refractivity contribution < 1.29 is 0 Å². The molecule has 1 aromatic heterocycles. The van der Waals surface area contributed by atoms with Crippen LogP contribution in [-0.4, -0.2) is 16.3 Å². The van der Waals surface area contributed by atoms with E-state index in [9.17, 15) is 0 Å². The van der Waals surface area contributed by atoms with Gasteiger partial charge in [0.15, 0.2) is 0 Å². The maximum absolute atomic E-state index is 6.07. The summed E-state index contributed by atoms with van der Waals surface area (Å²) in [5, 5.41) is 0.947. The molecule has 0 aliphatic rings. The normalized spacial score (nSPS) is 17.1. The lowest BCUT2D eigenvalue weighted by Crippen LogP contribution is -2.25. The van der Waals surface area contributed by atoms with Gasteiger partial charge in [0.1, 0.15) is 0 Å². The topological polar surface area (TPSA) is 38.9 Å². The average molecular weight is 238 g/mol. The first-order valence-electron chi connectivity index (χ1n) is 5.83. The highest BCUT2D eigenvalue weighted by atomic mass is 32.2. The molecule has 0 saturated heterocycles. The number of hydrogen-bond acceptors (Lipinski definition) is 3. The van der Waals surface area contributed by atoms with Gasteiger partial charge >= 0.3 is 0 Å². The minimum absolute atomic E-state index is 0.149. The smallest absolute Gasteiger partial charge is 0.0463 e. The van der Waals surface area contributed by atoms with Crippen molar-refractivity contribution in [2.75, 3.05) is 0 Å². The molecule has 0 aliphatic carbocycles. The summed E-state index contributed by atoms with van der Waals surface area (Å²) in [7, 11) is 0. The lowest BCUT2D eigenvalue weighted by atomic mass is 10.1. The summed E-state index contributed by atoms with van der Waals surface area (Å²) < 4.78 is 0. The minimum Gasteiger partial charge on any atom is -0.327 e. The van der Waals surface area contributed by atoms with E-state index in [1.54, 1.807) is 6.20 Å². The molecule has 0 fully saturated rings. The van der Waals surface area contributed by atoms with Gasteiger partial charge in [-0.2, -0.15) is 0 Å². The predicted molar refractivity (Wildman–Crippen MR) is 72.5 cm³/mol. The highest BCUT2D eigenvalue weighted by Crippen LogP contribution is 2.36. The summed E-state index contributed by atoms with van der Waals surface area (Å²) >= 11 is 1.95. The maximum atomic E-state index is 6.07. The molecule has 3 heteroatoms. The highest BCUT2D eigenvalue weighted by Gasteiger charge is 2.21. The maximum Gasteiger partial charge on any atom is 0.0463 e. The van der Waals surface area contributed by atoms with Gasteiger partial charge in [-0.1, -0.05) is 26.8 Å². The molecular formula is C13H22N2S. The lowest BCUT2D eigenvalue weighted by molar-refractivity contribution is 0.631. The molecule has 1 rings (SSSR count). The van der Waals surface area contributed by atoms with Crippen molar-refractivity contribution in [1.82, 2.24) is 4.98 Å². The molecular weight excluding hydrogens is 216 g/mol. The first-order chi connectivity index (χ1) is 7.52. The van der Waals surface area contributed by atoms with Crippen molar-refractivity contribution in [3.05, 3.63) is 30.1 Å². The number of thioether (sulfide) groups is 1. The Morgan fingerprint density at radius 3 is 2.38 bits per heavy atom. The van der Waals surface area contributed by atoms with Crippen molar-refractivity contribution in [2.24, 2.45) is 11.7 Å². The fourth-order valence-corrected chi connectivity index (χ4v) is 2.76. The van der Waals surface area contributed by atoms with E-state index in [0.29, 0.717) is 16.4 Å². The highest BCUT2D eigenvalue weighted by molar-refractivity contribution is 8.00. The molecule has 2 N–H and O–H groups in total. The Hall–Kier alpha value is -0.540. The van der Waals surface area contributed by atoms with Gasteiger partial charge in [0.2, 0.25) is 0 Å². The van der Waals surface area contributed by atoms with E-state index in [1.807, 2.05) is 24.0 Å². The molecule has 16 heavy (non-hydrogen) atoms.